The molecule has 5 heteroatoms. The highest BCUT2D eigenvalue weighted by atomic mass is 16.1. The molecule has 2 aliphatic rings. The van der Waals surface area contributed by atoms with Crippen molar-refractivity contribution < 1.29 is 4.79 Å². The largest absolute Gasteiger partial charge is 0.356 e. The normalized spacial score (nSPS) is 20.2. The van der Waals surface area contributed by atoms with Crippen molar-refractivity contribution in [3.8, 4) is 0 Å². The van der Waals surface area contributed by atoms with Gasteiger partial charge in [-0.2, -0.15) is 5.10 Å². The second-order valence-corrected chi connectivity index (χ2v) is 7.36. The molecule has 1 unspecified atom stereocenters. The standard InChI is InChI=1S/C20H26N4O/c25-20(12-16-6-7-16)21-10-8-18-14-23(13-17-4-2-1-3-5-17)15-19-9-11-22-24(18)19/h1-5,9,11,16,18H,6-8,10,12-15H2,(H,21,25). The molecular formula is C20H26N4O. The zero-order chi connectivity index (χ0) is 17.1. The molecule has 1 fully saturated rings. The summed E-state index contributed by atoms with van der Waals surface area (Å²) in [6.07, 6.45) is 5.97. The predicted octanol–water partition coefficient (Wildman–Crippen LogP) is 2.75. The SMILES string of the molecule is O=C(CC1CC1)NCCC1CN(Cc2ccccc2)Cc2ccnn21. The van der Waals surface area contributed by atoms with E-state index in [0.717, 1.165) is 32.6 Å². The number of hydrogen-bond acceptors (Lipinski definition) is 3. The average molecular weight is 338 g/mol. The summed E-state index contributed by atoms with van der Waals surface area (Å²) in [6.45, 7) is 3.59. The van der Waals surface area contributed by atoms with E-state index in [1.165, 1.54) is 24.1 Å². The number of fused-ring (bicyclic) bond motifs is 1. The number of carbonyl (C=O) groups is 1. The highest BCUT2D eigenvalue weighted by Crippen LogP contribution is 2.32. The fourth-order valence-corrected chi connectivity index (χ4v) is 3.67. The Labute approximate surface area is 149 Å². The first kappa shape index (κ1) is 16.3. The maximum atomic E-state index is 11.9. The van der Waals surface area contributed by atoms with Crippen molar-refractivity contribution in [3.63, 3.8) is 0 Å². The van der Waals surface area contributed by atoms with Crippen molar-refractivity contribution in [3.05, 3.63) is 53.9 Å². The van der Waals surface area contributed by atoms with Crippen molar-refractivity contribution in [2.75, 3.05) is 13.1 Å². The van der Waals surface area contributed by atoms with E-state index >= 15 is 0 Å². The fourth-order valence-electron chi connectivity index (χ4n) is 3.67. The lowest BCUT2D eigenvalue weighted by atomic mass is 10.1. The Balaban J connectivity index is 1.34. The van der Waals surface area contributed by atoms with Gasteiger partial charge < -0.3 is 5.32 Å². The van der Waals surface area contributed by atoms with Gasteiger partial charge in [0.25, 0.3) is 0 Å². The van der Waals surface area contributed by atoms with Gasteiger partial charge in [0.2, 0.25) is 5.91 Å². The van der Waals surface area contributed by atoms with Crippen molar-refractivity contribution >= 4 is 5.91 Å². The molecule has 25 heavy (non-hydrogen) atoms. The minimum Gasteiger partial charge on any atom is -0.356 e. The van der Waals surface area contributed by atoms with E-state index < -0.39 is 0 Å². The van der Waals surface area contributed by atoms with Crippen molar-refractivity contribution in [1.29, 1.82) is 0 Å². The first-order chi connectivity index (χ1) is 12.3. The maximum absolute atomic E-state index is 11.9. The number of rotatable bonds is 7. The van der Waals surface area contributed by atoms with E-state index in [1.807, 2.05) is 6.20 Å². The van der Waals surface area contributed by atoms with Crippen molar-refractivity contribution in [2.24, 2.45) is 5.92 Å². The first-order valence-electron chi connectivity index (χ1n) is 9.33. The number of carbonyl (C=O) groups excluding carboxylic acids is 1. The number of aromatic nitrogens is 2. The van der Waals surface area contributed by atoms with Crippen molar-refractivity contribution in [2.45, 2.75) is 44.8 Å². The van der Waals surface area contributed by atoms with Crippen LogP contribution in [0.25, 0.3) is 0 Å². The summed E-state index contributed by atoms with van der Waals surface area (Å²) < 4.78 is 2.15. The quantitative estimate of drug-likeness (QED) is 0.844. The third kappa shape index (κ3) is 4.28. The summed E-state index contributed by atoms with van der Waals surface area (Å²) in [5.41, 5.74) is 2.60. The monoisotopic (exact) mass is 338 g/mol. The summed E-state index contributed by atoms with van der Waals surface area (Å²) >= 11 is 0. The molecule has 4 rings (SSSR count). The zero-order valence-corrected chi connectivity index (χ0v) is 14.6. The Morgan fingerprint density at radius 3 is 2.84 bits per heavy atom. The van der Waals surface area contributed by atoms with Gasteiger partial charge in [0.05, 0.1) is 11.7 Å². The zero-order valence-electron chi connectivity index (χ0n) is 14.6. The minimum atomic E-state index is 0.208. The second-order valence-electron chi connectivity index (χ2n) is 7.36. The van der Waals surface area contributed by atoms with E-state index in [-0.39, 0.29) is 5.91 Å². The number of benzene rings is 1. The number of hydrogen-bond donors (Lipinski definition) is 1. The average Bonchev–Trinajstić information content (AvgIpc) is 3.29. The molecular weight excluding hydrogens is 312 g/mol. The fraction of sp³-hybridized carbons (Fsp3) is 0.500. The van der Waals surface area contributed by atoms with Crippen LogP contribution >= 0.6 is 0 Å². The van der Waals surface area contributed by atoms with Crippen LogP contribution in [0.15, 0.2) is 42.6 Å². The summed E-state index contributed by atoms with van der Waals surface area (Å²) in [6, 6.07) is 13.0. The van der Waals surface area contributed by atoms with Crippen LogP contribution in [0.3, 0.4) is 0 Å². The van der Waals surface area contributed by atoms with Gasteiger partial charge in [0.15, 0.2) is 0 Å². The Bertz CT molecular complexity index is 707. The molecule has 0 bridgehead atoms. The summed E-state index contributed by atoms with van der Waals surface area (Å²) in [5.74, 6) is 0.855. The van der Waals surface area contributed by atoms with E-state index in [2.05, 4.69) is 56.4 Å². The molecule has 2 aromatic rings. The number of amides is 1. The predicted molar refractivity (Wildman–Crippen MR) is 96.8 cm³/mol. The summed E-state index contributed by atoms with van der Waals surface area (Å²) in [7, 11) is 0. The summed E-state index contributed by atoms with van der Waals surface area (Å²) in [4.78, 5) is 14.4. The molecule has 0 saturated heterocycles. The molecule has 0 spiro atoms. The lowest BCUT2D eigenvalue weighted by Crippen LogP contribution is -2.39. The van der Waals surface area contributed by atoms with Gasteiger partial charge in [-0.1, -0.05) is 30.3 Å². The minimum absolute atomic E-state index is 0.208. The molecule has 1 atom stereocenters. The van der Waals surface area contributed by atoms with Gasteiger partial charge in [-0.3, -0.25) is 14.4 Å². The van der Waals surface area contributed by atoms with Crippen molar-refractivity contribution in [1.82, 2.24) is 20.0 Å². The number of nitrogens with zero attached hydrogens (tertiary/aromatic N) is 3. The molecule has 1 amide bonds. The van der Waals surface area contributed by atoms with Gasteiger partial charge in [-0.15, -0.1) is 0 Å². The highest BCUT2D eigenvalue weighted by molar-refractivity contribution is 5.76. The van der Waals surface area contributed by atoms with Gasteiger partial charge in [-0.05, 0) is 36.8 Å². The Kier molecular flexibility index (Phi) is 4.83. The molecule has 0 radical (unpaired) electrons. The molecule has 1 N–H and O–H groups in total. The topological polar surface area (TPSA) is 50.2 Å². The van der Waals surface area contributed by atoms with Crippen LogP contribution in [-0.4, -0.2) is 33.7 Å². The van der Waals surface area contributed by atoms with E-state index in [0.29, 0.717) is 18.4 Å². The molecule has 1 aliphatic heterocycles. The van der Waals surface area contributed by atoms with Crippen LogP contribution in [0.2, 0.25) is 0 Å². The maximum Gasteiger partial charge on any atom is 0.220 e. The van der Waals surface area contributed by atoms with E-state index in [4.69, 9.17) is 0 Å². The molecule has 1 aromatic heterocycles. The van der Waals surface area contributed by atoms with Gasteiger partial charge in [0.1, 0.15) is 0 Å². The van der Waals surface area contributed by atoms with Crippen LogP contribution in [0, 0.1) is 5.92 Å². The Morgan fingerprint density at radius 2 is 2.04 bits per heavy atom. The third-order valence-corrected chi connectivity index (χ3v) is 5.17. The van der Waals surface area contributed by atoms with Crippen LogP contribution in [0.4, 0.5) is 0 Å². The third-order valence-electron chi connectivity index (χ3n) is 5.17. The molecule has 1 saturated carbocycles. The smallest absolute Gasteiger partial charge is 0.220 e. The first-order valence-corrected chi connectivity index (χ1v) is 9.33. The molecule has 1 aromatic carbocycles. The Morgan fingerprint density at radius 1 is 1.20 bits per heavy atom. The lowest BCUT2D eigenvalue weighted by molar-refractivity contribution is -0.121. The molecule has 132 valence electrons. The van der Waals surface area contributed by atoms with Crippen LogP contribution in [-0.2, 0) is 17.9 Å². The lowest BCUT2D eigenvalue weighted by Gasteiger charge is -2.34. The summed E-state index contributed by atoms with van der Waals surface area (Å²) in [5, 5.41) is 7.60. The molecule has 2 heterocycles. The molecule has 5 nitrogen and oxygen atoms in total. The van der Waals surface area contributed by atoms with Crippen LogP contribution in [0.5, 0.6) is 0 Å². The molecule has 1 aliphatic carbocycles. The second kappa shape index (κ2) is 7.40. The highest BCUT2D eigenvalue weighted by Gasteiger charge is 2.26. The number of nitrogens with one attached hydrogen (secondary N) is 1. The van der Waals surface area contributed by atoms with Gasteiger partial charge in [0, 0.05) is 38.8 Å². The van der Waals surface area contributed by atoms with E-state index in [9.17, 15) is 4.79 Å². The van der Waals surface area contributed by atoms with Gasteiger partial charge in [-0.25, -0.2) is 0 Å². The Hall–Kier alpha value is -2.14. The van der Waals surface area contributed by atoms with E-state index in [1.54, 1.807) is 0 Å². The van der Waals surface area contributed by atoms with Crippen LogP contribution < -0.4 is 5.32 Å². The van der Waals surface area contributed by atoms with Gasteiger partial charge >= 0.3 is 0 Å². The van der Waals surface area contributed by atoms with Crippen LogP contribution in [0.1, 0.15) is 43.0 Å².